The number of hydrogen-bond donors (Lipinski definition) is 1. The van der Waals surface area contributed by atoms with Crippen LogP contribution >= 0.6 is 11.8 Å². The molecule has 0 bridgehead atoms. The third-order valence-corrected chi connectivity index (χ3v) is 3.71. The zero-order valence-electron chi connectivity index (χ0n) is 9.03. The van der Waals surface area contributed by atoms with Gasteiger partial charge in [0.1, 0.15) is 0 Å². The molecule has 0 aromatic heterocycles. The van der Waals surface area contributed by atoms with Gasteiger partial charge >= 0.3 is 0 Å². The lowest BCUT2D eigenvalue weighted by atomic mass is 10.2. The van der Waals surface area contributed by atoms with E-state index in [1.807, 2.05) is 12.1 Å². The molecule has 1 aliphatic carbocycles. The van der Waals surface area contributed by atoms with Crippen molar-refractivity contribution in [1.29, 1.82) is 0 Å². The summed E-state index contributed by atoms with van der Waals surface area (Å²) >= 11 is 1.73. The van der Waals surface area contributed by atoms with E-state index in [2.05, 4.69) is 13.0 Å². The van der Waals surface area contributed by atoms with Crippen molar-refractivity contribution in [3.63, 3.8) is 0 Å². The van der Waals surface area contributed by atoms with Crippen molar-refractivity contribution in [2.24, 2.45) is 5.92 Å². The maximum Gasteiger partial charge on any atom is 0.0967 e. The summed E-state index contributed by atoms with van der Waals surface area (Å²) in [5.74, 6) is 1.58. The molecule has 0 aliphatic heterocycles. The van der Waals surface area contributed by atoms with Crippen molar-refractivity contribution >= 4 is 17.4 Å². The number of ether oxygens (including phenoxy) is 1. The van der Waals surface area contributed by atoms with E-state index in [0.717, 1.165) is 29.7 Å². The highest BCUT2D eigenvalue weighted by Gasteiger charge is 2.20. The van der Waals surface area contributed by atoms with Gasteiger partial charge in [-0.2, -0.15) is 0 Å². The average molecular weight is 223 g/mol. The topological polar surface area (TPSA) is 35.2 Å². The van der Waals surface area contributed by atoms with Crippen LogP contribution in [0, 0.1) is 12.8 Å². The Morgan fingerprint density at radius 1 is 1.47 bits per heavy atom. The van der Waals surface area contributed by atoms with Crippen LogP contribution in [0.15, 0.2) is 23.1 Å². The van der Waals surface area contributed by atoms with Crippen LogP contribution in [0.5, 0.6) is 0 Å². The molecule has 0 atom stereocenters. The van der Waals surface area contributed by atoms with Gasteiger partial charge < -0.3 is 10.5 Å². The molecule has 1 aliphatic rings. The van der Waals surface area contributed by atoms with Crippen LogP contribution in [0.4, 0.5) is 5.69 Å². The molecule has 2 rings (SSSR count). The summed E-state index contributed by atoms with van der Waals surface area (Å²) < 4.78 is 5.58. The summed E-state index contributed by atoms with van der Waals surface area (Å²) in [6.45, 7) is 2.98. The zero-order chi connectivity index (χ0) is 10.7. The van der Waals surface area contributed by atoms with Crippen molar-refractivity contribution in [3.8, 4) is 0 Å². The van der Waals surface area contributed by atoms with Gasteiger partial charge in [-0.25, -0.2) is 0 Å². The van der Waals surface area contributed by atoms with E-state index in [4.69, 9.17) is 10.5 Å². The van der Waals surface area contributed by atoms with Gasteiger partial charge in [0, 0.05) is 10.6 Å². The minimum atomic E-state index is 0.737. The molecular formula is C12H17NOS. The summed E-state index contributed by atoms with van der Waals surface area (Å²) in [6, 6.07) is 6.02. The highest BCUT2D eigenvalue weighted by atomic mass is 32.2. The van der Waals surface area contributed by atoms with Gasteiger partial charge in [0.2, 0.25) is 0 Å². The maximum absolute atomic E-state index is 5.83. The van der Waals surface area contributed by atoms with E-state index in [-0.39, 0.29) is 0 Å². The van der Waals surface area contributed by atoms with Crippen LogP contribution in [0.25, 0.3) is 0 Å². The van der Waals surface area contributed by atoms with Gasteiger partial charge in [0.15, 0.2) is 0 Å². The molecule has 2 N–H and O–H groups in total. The van der Waals surface area contributed by atoms with Crippen molar-refractivity contribution in [3.05, 3.63) is 23.8 Å². The van der Waals surface area contributed by atoms with Gasteiger partial charge in [0.05, 0.1) is 12.5 Å². The third kappa shape index (κ3) is 3.14. The standard InChI is InChI=1S/C12H17NOS/c1-9-11(13)3-2-4-12(9)15-8-14-7-10-5-6-10/h2-4,10H,5-8,13H2,1H3. The number of nitrogen functional groups attached to an aromatic ring is 1. The van der Waals surface area contributed by atoms with Crippen molar-refractivity contribution in [2.75, 3.05) is 18.3 Å². The van der Waals surface area contributed by atoms with Crippen LogP contribution < -0.4 is 5.73 Å². The average Bonchev–Trinajstić information content (AvgIpc) is 3.02. The number of benzene rings is 1. The van der Waals surface area contributed by atoms with Gasteiger partial charge in [-0.15, -0.1) is 0 Å². The first-order chi connectivity index (χ1) is 7.27. The van der Waals surface area contributed by atoms with Crippen LogP contribution in [0.1, 0.15) is 18.4 Å². The second-order valence-electron chi connectivity index (χ2n) is 4.05. The van der Waals surface area contributed by atoms with E-state index in [9.17, 15) is 0 Å². The molecule has 3 heteroatoms. The lowest BCUT2D eigenvalue weighted by Crippen LogP contribution is -1.96. The monoisotopic (exact) mass is 223 g/mol. The minimum Gasteiger partial charge on any atom is -0.398 e. The molecule has 82 valence electrons. The second-order valence-corrected chi connectivity index (χ2v) is 5.01. The molecule has 0 heterocycles. The van der Waals surface area contributed by atoms with E-state index >= 15 is 0 Å². The van der Waals surface area contributed by atoms with Crippen LogP contribution in [0.3, 0.4) is 0 Å². The Hall–Kier alpha value is -0.670. The maximum atomic E-state index is 5.83. The Morgan fingerprint density at radius 2 is 2.27 bits per heavy atom. The summed E-state index contributed by atoms with van der Waals surface area (Å²) in [5.41, 5.74) is 7.86. The summed E-state index contributed by atoms with van der Waals surface area (Å²) in [7, 11) is 0. The quantitative estimate of drug-likeness (QED) is 0.360. The van der Waals surface area contributed by atoms with Crippen LogP contribution in [-0.2, 0) is 4.74 Å². The molecule has 0 spiro atoms. The van der Waals surface area contributed by atoms with Crippen LogP contribution in [-0.4, -0.2) is 12.5 Å². The minimum absolute atomic E-state index is 0.737. The van der Waals surface area contributed by atoms with Gasteiger partial charge in [0.25, 0.3) is 0 Å². The lowest BCUT2D eigenvalue weighted by molar-refractivity contribution is 0.171. The first kappa shape index (κ1) is 10.8. The Bertz CT molecular complexity index is 336. The van der Waals surface area contributed by atoms with Crippen molar-refractivity contribution in [2.45, 2.75) is 24.7 Å². The number of nitrogens with two attached hydrogens (primary N) is 1. The Labute approximate surface area is 95.2 Å². The molecule has 0 amide bonds. The van der Waals surface area contributed by atoms with E-state index in [0.29, 0.717) is 0 Å². The molecular weight excluding hydrogens is 206 g/mol. The summed E-state index contributed by atoms with van der Waals surface area (Å²) in [6.07, 6.45) is 2.70. The highest BCUT2D eigenvalue weighted by Crippen LogP contribution is 2.30. The number of rotatable bonds is 5. The molecule has 0 radical (unpaired) electrons. The van der Waals surface area contributed by atoms with Crippen molar-refractivity contribution in [1.82, 2.24) is 0 Å². The van der Waals surface area contributed by atoms with E-state index < -0.39 is 0 Å². The molecule has 0 saturated heterocycles. The zero-order valence-corrected chi connectivity index (χ0v) is 9.85. The van der Waals surface area contributed by atoms with E-state index in [1.54, 1.807) is 11.8 Å². The third-order valence-electron chi connectivity index (χ3n) is 2.67. The smallest absolute Gasteiger partial charge is 0.0967 e. The Balaban J connectivity index is 1.78. The summed E-state index contributed by atoms with van der Waals surface area (Å²) in [4.78, 5) is 1.23. The number of anilines is 1. The molecule has 15 heavy (non-hydrogen) atoms. The first-order valence-corrected chi connectivity index (χ1v) is 6.31. The fourth-order valence-corrected chi connectivity index (χ4v) is 2.21. The van der Waals surface area contributed by atoms with Gasteiger partial charge in [-0.1, -0.05) is 17.8 Å². The SMILES string of the molecule is Cc1c(N)cccc1SCOCC1CC1. The second kappa shape index (κ2) is 4.90. The fourth-order valence-electron chi connectivity index (χ4n) is 1.39. The fraction of sp³-hybridized carbons (Fsp3) is 0.500. The highest BCUT2D eigenvalue weighted by molar-refractivity contribution is 7.99. The predicted molar refractivity (Wildman–Crippen MR) is 65.0 cm³/mol. The molecule has 0 unspecified atom stereocenters. The van der Waals surface area contributed by atoms with E-state index in [1.165, 1.54) is 17.7 Å². The van der Waals surface area contributed by atoms with Gasteiger partial charge in [-0.3, -0.25) is 0 Å². The van der Waals surface area contributed by atoms with Gasteiger partial charge in [-0.05, 0) is 43.4 Å². The number of thioether (sulfide) groups is 1. The Kier molecular flexibility index (Phi) is 3.54. The molecule has 1 aromatic carbocycles. The molecule has 1 fully saturated rings. The summed E-state index contributed by atoms with van der Waals surface area (Å²) in [5, 5.41) is 0. The van der Waals surface area contributed by atoms with Crippen LogP contribution in [0.2, 0.25) is 0 Å². The molecule has 1 aromatic rings. The Morgan fingerprint density at radius 3 is 3.00 bits per heavy atom. The number of hydrogen-bond acceptors (Lipinski definition) is 3. The molecule has 1 saturated carbocycles. The van der Waals surface area contributed by atoms with Crippen molar-refractivity contribution < 1.29 is 4.74 Å². The lowest BCUT2D eigenvalue weighted by Gasteiger charge is -2.08. The molecule has 2 nitrogen and oxygen atoms in total. The normalized spacial score (nSPS) is 15.5. The largest absolute Gasteiger partial charge is 0.398 e. The first-order valence-electron chi connectivity index (χ1n) is 5.33. The predicted octanol–water partition coefficient (Wildman–Crippen LogP) is 3.05.